The summed E-state index contributed by atoms with van der Waals surface area (Å²) in [6.45, 7) is 19.6. The van der Waals surface area contributed by atoms with E-state index >= 15 is 0 Å². The van der Waals surface area contributed by atoms with E-state index in [9.17, 15) is 70.3 Å². The van der Waals surface area contributed by atoms with Crippen molar-refractivity contribution in [1.82, 2.24) is 35.6 Å². The first-order valence-electron chi connectivity index (χ1n) is 39.5. The number of hydrogen-bond donors (Lipinski definition) is 5. The Hall–Kier alpha value is -8.29. The number of ether oxygens (including phenoxy) is 6. The lowest BCUT2D eigenvalue weighted by atomic mass is 9.83. The molecule has 8 amide bonds. The smallest absolute Gasteiger partial charge is 0.314 e. The maximum atomic E-state index is 14.7. The van der Waals surface area contributed by atoms with Gasteiger partial charge in [0.25, 0.3) is 0 Å². The number of benzene rings is 3. The van der Waals surface area contributed by atoms with Crippen LogP contribution in [0.15, 0.2) is 54.6 Å². The largest absolute Gasteiger partial charge is 0.420 e. The van der Waals surface area contributed by atoms with Gasteiger partial charge in [-0.25, -0.2) is 13.6 Å². The van der Waals surface area contributed by atoms with Crippen LogP contribution in [0.3, 0.4) is 0 Å². The van der Waals surface area contributed by atoms with Crippen molar-refractivity contribution < 1.29 is 98.7 Å². The summed E-state index contributed by atoms with van der Waals surface area (Å²) in [4.78, 5) is 157. The number of hydrogen-bond acceptors (Lipinski definition) is 18. The number of Topliss-reactive ketones (excluding diaryl/α,β-unsaturated/α-hetero) is 3. The van der Waals surface area contributed by atoms with Crippen molar-refractivity contribution in [1.29, 1.82) is 0 Å². The van der Waals surface area contributed by atoms with E-state index in [1.54, 1.807) is 75.9 Å². The summed E-state index contributed by atoms with van der Waals surface area (Å²) < 4.78 is 90.4. The zero-order chi connectivity index (χ0) is 84.1. The second-order valence-corrected chi connectivity index (χ2v) is 31.3. The number of carbonyl (C=O) groups excluding carboxylic acids is 11. The Kier molecular flexibility index (Phi) is 39.6. The third-order valence-corrected chi connectivity index (χ3v) is 21.8. The number of likely N-dealkylation sites (tertiary alicyclic amines) is 2. The van der Waals surface area contributed by atoms with E-state index in [0.29, 0.717) is 37.1 Å². The molecule has 6 N–H and O–H groups in total. The average Bonchev–Trinajstić information content (AvgIpc) is 0.876. The lowest BCUT2D eigenvalue weighted by Gasteiger charge is -2.41. The fraction of sp³-hybridized carbons (Fsp3) is 0.651. The molecule has 630 valence electrons. The third-order valence-electron chi connectivity index (χ3n) is 21.8. The number of nitrogens with one attached hydrogen (secondary N) is 4. The molecule has 0 aromatic heterocycles. The highest BCUT2D eigenvalue weighted by atomic mass is 19.2. The van der Waals surface area contributed by atoms with E-state index in [1.807, 2.05) is 90.9 Å². The number of nitrogens with zero attached hydrogens (tertiary/aromatic N) is 4. The Balaban J connectivity index is 1.12. The quantitative estimate of drug-likeness (QED) is 0.0116. The van der Waals surface area contributed by atoms with Crippen LogP contribution in [0.25, 0.3) is 0 Å². The molecule has 3 aromatic rings. The minimum atomic E-state index is -1.83. The van der Waals surface area contributed by atoms with Crippen molar-refractivity contribution in [3.05, 3.63) is 94.6 Å². The van der Waals surface area contributed by atoms with E-state index in [2.05, 4.69) is 21.3 Å². The lowest BCUT2D eigenvalue weighted by Crippen LogP contribution is -2.54. The van der Waals surface area contributed by atoms with Gasteiger partial charge in [0.2, 0.25) is 52.8 Å². The van der Waals surface area contributed by atoms with Crippen molar-refractivity contribution in [3.8, 4) is 5.75 Å². The molecule has 2 unspecified atom stereocenters. The summed E-state index contributed by atoms with van der Waals surface area (Å²) in [7, 11) is 8.54. The van der Waals surface area contributed by atoms with Gasteiger partial charge in [-0.15, -0.1) is 0 Å². The minimum absolute atomic E-state index is 0.000879. The van der Waals surface area contributed by atoms with Gasteiger partial charge in [0, 0.05) is 108 Å². The van der Waals surface area contributed by atoms with Crippen molar-refractivity contribution in [2.75, 3.05) is 100.0 Å². The molecular formula is C83H123F4N9O17. The van der Waals surface area contributed by atoms with Gasteiger partial charge < -0.3 is 70.1 Å². The zero-order valence-corrected chi connectivity index (χ0v) is 68.8. The van der Waals surface area contributed by atoms with Crippen LogP contribution in [-0.4, -0.2) is 221 Å². The van der Waals surface area contributed by atoms with Crippen LogP contribution in [0.4, 0.5) is 28.0 Å². The summed E-state index contributed by atoms with van der Waals surface area (Å²) in [5, 5.41) is 11.1. The number of nitrogens with two attached hydrogens (primary N) is 1. The second kappa shape index (κ2) is 46.9. The van der Waals surface area contributed by atoms with E-state index < -0.39 is 149 Å². The summed E-state index contributed by atoms with van der Waals surface area (Å²) >= 11 is 0. The summed E-state index contributed by atoms with van der Waals surface area (Å²) in [6, 6.07) is 12.5. The van der Waals surface area contributed by atoms with Crippen molar-refractivity contribution >= 4 is 70.5 Å². The number of ketones is 3. The predicted molar refractivity (Wildman–Crippen MR) is 416 cm³/mol. The number of primary amides is 1. The van der Waals surface area contributed by atoms with Gasteiger partial charge in [-0.3, -0.25) is 52.8 Å². The van der Waals surface area contributed by atoms with Crippen LogP contribution in [0.2, 0.25) is 0 Å². The molecule has 26 nitrogen and oxygen atoms in total. The number of esters is 1. The number of methoxy groups -OCH3 is 2. The van der Waals surface area contributed by atoms with Gasteiger partial charge in [0.15, 0.2) is 23.2 Å². The molecule has 30 heteroatoms. The van der Waals surface area contributed by atoms with Crippen LogP contribution in [-0.2, 0) is 84.6 Å². The maximum absolute atomic E-state index is 14.7. The predicted octanol–water partition coefficient (Wildman–Crippen LogP) is 9.11. The average molecular weight is 1590 g/mol. The van der Waals surface area contributed by atoms with E-state index in [4.69, 9.17) is 34.2 Å². The van der Waals surface area contributed by atoms with E-state index in [-0.39, 0.29) is 164 Å². The topological polar surface area (TPSA) is 330 Å². The standard InChI is InChI=1S/C83H123F4N9O17/c1-17-51(8)76(94(14)81(105)61(48(2)3)43-65(99)75(50(6)7)93(12)13)66(108-15)44-68(101)96-33-22-26-62(96)77(109-16)53(10)63(97)42-59(40-55-23-19-18-20-24-55)79(103)90-45-56-27-29-60(30-28-56)91-80(104)57(25-21-32-89-83(88)107)41-64(98)74(49(4)5)92-67(100)46-111-37-35-110-36-38-112-47-69(102)95-34-31-58(39-52(95)9)82(106)113-78-72(86)70(84)54(11)71(85)73(78)87/h18-20,23-24,27-30,48-53,57-59,61-62,66,74-77H,17,21-22,25-26,31-47H2,1-16H3,(H,90,103)(H,91,104)(H,92,100)(H3,88,89,107)/t51-,52?,53-,57+,58?,59+,61-,62-,66+,74-,75-,76-,77+/m0/s1. The molecule has 2 heterocycles. The molecule has 0 aliphatic carbocycles. The van der Waals surface area contributed by atoms with Crippen molar-refractivity contribution in [2.24, 2.45) is 59.0 Å². The molecule has 13 atom stereocenters. The number of urea groups is 1. The third kappa shape index (κ3) is 28.3. The van der Waals surface area contributed by atoms with Crippen LogP contribution in [0.1, 0.15) is 157 Å². The van der Waals surface area contributed by atoms with Crippen LogP contribution < -0.4 is 31.7 Å². The first kappa shape index (κ1) is 95.3. The summed E-state index contributed by atoms with van der Waals surface area (Å²) in [5.74, 6) is -17.0. The monoisotopic (exact) mass is 1590 g/mol. The number of piperidine rings is 1. The summed E-state index contributed by atoms with van der Waals surface area (Å²) in [6.07, 6.45) is 0.901. The molecule has 0 radical (unpaired) electrons. The molecular weight excluding hydrogens is 1470 g/mol. The van der Waals surface area contributed by atoms with Gasteiger partial charge in [-0.05, 0) is 120 Å². The molecule has 0 bridgehead atoms. The van der Waals surface area contributed by atoms with Crippen LogP contribution in [0, 0.1) is 83.5 Å². The second-order valence-electron chi connectivity index (χ2n) is 31.3. The van der Waals surface area contributed by atoms with E-state index in [0.717, 1.165) is 12.5 Å². The van der Waals surface area contributed by atoms with Crippen LogP contribution >= 0.6 is 0 Å². The molecule has 5 rings (SSSR count). The van der Waals surface area contributed by atoms with Crippen molar-refractivity contribution in [3.63, 3.8) is 0 Å². The number of amides is 8. The lowest BCUT2D eigenvalue weighted by molar-refractivity contribution is -0.149. The number of halogens is 4. The summed E-state index contributed by atoms with van der Waals surface area (Å²) in [5.41, 5.74) is 6.29. The van der Waals surface area contributed by atoms with Gasteiger partial charge >= 0.3 is 12.0 Å². The highest BCUT2D eigenvalue weighted by Crippen LogP contribution is 2.35. The SMILES string of the molecule is CC[C@H](C)[C@@H]([C@@H](CC(=O)N1CCC[C@H]1[C@H](OC)[C@@H](C)C(=O)C[C@@H](Cc1ccccc1)C(=O)NCc1ccc(NC(=O)[C@H](CCCNC(N)=O)CC(=O)[C@@H](NC(=O)COCCOCCOCC(=O)N2CCC(C(=O)Oc3c(F)c(F)c(C)c(F)c3F)CC2C)C(C)C)cc1)OC)N(C)C(=O)[C@@H](CC(=O)[C@H](C(C)C)N(C)C)C(C)C. The highest BCUT2D eigenvalue weighted by Gasteiger charge is 2.45. The Morgan fingerprint density at radius 3 is 1.83 bits per heavy atom. The first-order valence-corrected chi connectivity index (χ1v) is 39.5. The molecule has 3 aromatic carbocycles. The van der Waals surface area contributed by atoms with Gasteiger partial charge in [-0.2, -0.15) is 8.78 Å². The van der Waals surface area contributed by atoms with Gasteiger partial charge in [0.05, 0.1) is 75.1 Å². The number of likely N-dealkylation sites (N-methyl/N-ethyl adjacent to an activating group) is 2. The zero-order valence-electron chi connectivity index (χ0n) is 68.8. The Morgan fingerprint density at radius 2 is 1.27 bits per heavy atom. The van der Waals surface area contributed by atoms with Gasteiger partial charge in [0.1, 0.15) is 19.0 Å². The van der Waals surface area contributed by atoms with Gasteiger partial charge in [-0.1, -0.05) is 111 Å². The van der Waals surface area contributed by atoms with Crippen LogP contribution in [0.5, 0.6) is 5.75 Å². The first-order chi connectivity index (χ1) is 53.5. The molecule has 113 heavy (non-hydrogen) atoms. The Morgan fingerprint density at radius 1 is 0.646 bits per heavy atom. The molecule has 2 saturated heterocycles. The highest BCUT2D eigenvalue weighted by molar-refractivity contribution is 5.98. The maximum Gasteiger partial charge on any atom is 0.314 e. The minimum Gasteiger partial charge on any atom is -0.420 e. The molecule has 2 aliphatic rings. The Labute approximate surface area is 663 Å². The fourth-order valence-electron chi connectivity index (χ4n) is 15.3. The fourth-order valence-corrected chi connectivity index (χ4v) is 15.3. The number of carbonyl (C=O) groups is 11. The van der Waals surface area contributed by atoms with Crippen molar-refractivity contribution in [2.45, 2.75) is 202 Å². The molecule has 0 saturated carbocycles. The van der Waals surface area contributed by atoms with E-state index in [1.165, 1.54) is 12.0 Å². The molecule has 2 fully saturated rings. The normalized spacial score (nSPS) is 17.8. The Bertz CT molecular complexity index is 3610. The molecule has 0 spiro atoms. The number of anilines is 1. The molecule has 2 aliphatic heterocycles. The number of rotatable bonds is 48.